The molecule has 1 amide bonds. The molecule has 1 atom stereocenters. The van der Waals surface area contributed by atoms with Gasteiger partial charge >= 0.3 is 0 Å². The first kappa shape index (κ1) is 22.2. The van der Waals surface area contributed by atoms with Crippen molar-refractivity contribution >= 4 is 29.4 Å². The van der Waals surface area contributed by atoms with Gasteiger partial charge in [0, 0.05) is 10.6 Å². The van der Waals surface area contributed by atoms with Crippen molar-refractivity contribution < 1.29 is 4.79 Å². The maximum atomic E-state index is 12.6. The largest absolute Gasteiger partial charge is 0.349 e. The summed E-state index contributed by atoms with van der Waals surface area (Å²) in [6.45, 7) is 1.99. The number of benzene rings is 3. The number of nitrogens with zero attached hydrogens (tertiary/aromatic N) is 3. The second-order valence-electron chi connectivity index (χ2n) is 7.16. The number of thioether (sulfide) groups is 2. The minimum Gasteiger partial charge on any atom is -0.349 e. The van der Waals surface area contributed by atoms with Crippen molar-refractivity contribution in [2.24, 2.45) is 0 Å². The normalized spacial score (nSPS) is 11.8. The number of carbonyl (C=O) groups is 1. The number of amides is 1. The van der Waals surface area contributed by atoms with Gasteiger partial charge in [-0.05, 0) is 36.8 Å². The van der Waals surface area contributed by atoms with E-state index in [4.69, 9.17) is 0 Å². The zero-order chi connectivity index (χ0) is 22.2. The van der Waals surface area contributed by atoms with Crippen molar-refractivity contribution in [3.63, 3.8) is 0 Å². The maximum Gasteiger partial charge on any atom is 0.230 e. The van der Waals surface area contributed by atoms with Gasteiger partial charge < -0.3 is 5.32 Å². The van der Waals surface area contributed by atoms with Crippen molar-refractivity contribution in [2.45, 2.75) is 28.8 Å². The zero-order valence-corrected chi connectivity index (χ0v) is 19.4. The lowest BCUT2D eigenvalue weighted by atomic mass is 10.1. The molecule has 1 N–H and O–H groups in total. The van der Waals surface area contributed by atoms with Crippen LogP contribution in [0.1, 0.15) is 24.4 Å². The van der Waals surface area contributed by atoms with Gasteiger partial charge in [-0.3, -0.25) is 9.36 Å². The average Bonchev–Trinajstić information content (AvgIpc) is 3.26. The van der Waals surface area contributed by atoms with Crippen LogP contribution in [0.4, 0.5) is 0 Å². The average molecular weight is 461 g/mol. The first-order valence-electron chi connectivity index (χ1n) is 10.4. The van der Waals surface area contributed by atoms with E-state index in [2.05, 4.69) is 27.6 Å². The highest BCUT2D eigenvalue weighted by Crippen LogP contribution is 2.27. The van der Waals surface area contributed by atoms with E-state index < -0.39 is 0 Å². The number of para-hydroxylation sites is 1. The van der Waals surface area contributed by atoms with E-state index >= 15 is 0 Å². The smallest absolute Gasteiger partial charge is 0.230 e. The topological polar surface area (TPSA) is 59.8 Å². The van der Waals surface area contributed by atoms with Crippen LogP contribution in [-0.2, 0) is 10.5 Å². The van der Waals surface area contributed by atoms with Gasteiger partial charge in [-0.25, -0.2) is 0 Å². The standard InChI is InChI=1S/C25H24N4OS2/c1-19(20-11-5-2-6-12-20)26-24(30)18-32-25-28-27-23(17-31-22-15-9-4-10-16-22)29(25)21-13-7-3-8-14-21/h2-16,19H,17-18H2,1H3,(H,26,30). The number of carbonyl (C=O) groups excluding carboxylic acids is 1. The third-order valence-electron chi connectivity index (χ3n) is 4.84. The number of hydrogen-bond acceptors (Lipinski definition) is 5. The Bertz CT molecular complexity index is 1130. The van der Waals surface area contributed by atoms with Gasteiger partial charge in [-0.2, -0.15) is 0 Å². The van der Waals surface area contributed by atoms with Gasteiger partial charge in [0.15, 0.2) is 5.16 Å². The van der Waals surface area contributed by atoms with E-state index in [1.165, 1.54) is 16.7 Å². The highest BCUT2D eigenvalue weighted by molar-refractivity contribution is 7.99. The van der Waals surface area contributed by atoms with E-state index in [1.54, 1.807) is 11.8 Å². The summed E-state index contributed by atoms with van der Waals surface area (Å²) >= 11 is 3.11. The van der Waals surface area contributed by atoms with Crippen LogP contribution in [0.15, 0.2) is 101 Å². The van der Waals surface area contributed by atoms with E-state index in [0.717, 1.165) is 17.1 Å². The molecule has 162 valence electrons. The van der Waals surface area contributed by atoms with Crippen LogP contribution in [0.3, 0.4) is 0 Å². The van der Waals surface area contributed by atoms with Crippen molar-refractivity contribution in [1.82, 2.24) is 20.1 Å². The lowest BCUT2D eigenvalue weighted by molar-refractivity contribution is -0.119. The van der Waals surface area contributed by atoms with Crippen LogP contribution < -0.4 is 5.32 Å². The summed E-state index contributed by atoms with van der Waals surface area (Å²) < 4.78 is 2.04. The van der Waals surface area contributed by atoms with Crippen LogP contribution in [-0.4, -0.2) is 26.4 Å². The van der Waals surface area contributed by atoms with E-state index in [-0.39, 0.29) is 17.7 Å². The third-order valence-corrected chi connectivity index (χ3v) is 6.77. The molecular formula is C25H24N4OS2. The van der Waals surface area contributed by atoms with Gasteiger partial charge in [0.1, 0.15) is 5.82 Å². The van der Waals surface area contributed by atoms with Crippen molar-refractivity contribution in [1.29, 1.82) is 0 Å². The fraction of sp³-hybridized carbons (Fsp3) is 0.160. The fourth-order valence-corrected chi connectivity index (χ4v) is 4.84. The lowest BCUT2D eigenvalue weighted by Crippen LogP contribution is -2.28. The zero-order valence-electron chi connectivity index (χ0n) is 17.7. The minimum absolute atomic E-state index is 0.0332. The highest BCUT2D eigenvalue weighted by Gasteiger charge is 2.17. The SMILES string of the molecule is CC(NC(=O)CSc1nnc(CSc2ccccc2)n1-c1ccccc1)c1ccccc1. The first-order valence-corrected chi connectivity index (χ1v) is 12.3. The van der Waals surface area contributed by atoms with Crippen LogP contribution in [0.25, 0.3) is 5.69 Å². The number of hydrogen-bond donors (Lipinski definition) is 1. The van der Waals surface area contributed by atoms with Gasteiger partial charge in [0.25, 0.3) is 0 Å². The quantitative estimate of drug-likeness (QED) is 0.333. The van der Waals surface area contributed by atoms with E-state index in [9.17, 15) is 4.79 Å². The predicted molar refractivity (Wildman–Crippen MR) is 131 cm³/mol. The molecule has 1 heterocycles. The van der Waals surface area contributed by atoms with E-state index in [1.807, 2.05) is 90.4 Å². The molecule has 3 aromatic carbocycles. The van der Waals surface area contributed by atoms with E-state index in [0.29, 0.717) is 10.9 Å². The molecule has 0 aliphatic heterocycles. The van der Waals surface area contributed by atoms with Gasteiger partial charge in [-0.15, -0.1) is 22.0 Å². The third kappa shape index (κ3) is 5.81. The van der Waals surface area contributed by atoms with Crippen LogP contribution in [0, 0.1) is 0 Å². The Morgan fingerprint density at radius 2 is 1.50 bits per heavy atom. The van der Waals surface area contributed by atoms with Crippen LogP contribution in [0.5, 0.6) is 0 Å². The Morgan fingerprint density at radius 3 is 2.19 bits per heavy atom. The fourth-order valence-electron chi connectivity index (χ4n) is 3.23. The van der Waals surface area contributed by atoms with Gasteiger partial charge in [0.05, 0.1) is 17.5 Å². The molecule has 0 fully saturated rings. The molecular weight excluding hydrogens is 436 g/mol. The monoisotopic (exact) mass is 460 g/mol. The highest BCUT2D eigenvalue weighted by atomic mass is 32.2. The molecule has 0 aliphatic carbocycles. The molecule has 1 aromatic heterocycles. The molecule has 7 heteroatoms. The van der Waals surface area contributed by atoms with Crippen LogP contribution in [0.2, 0.25) is 0 Å². The predicted octanol–water partition coefficient (Wildman–Crippen LogP) is 5.53. The molecule has 0 bridgehead atoms. The second kappa shape index (κ2) is 11.0. The Kier molecular flexibility index (Phi) is 7.64. The second-order valence-corrected chi connectivity index (χ2v) is 9.15. The molecule has 4 rings (SSSR count). The lowest BCUT2D eigenvalue weighted by Gasteiger charge is -2.14. The minimum atomic E-state index is -0.0471. The molecule has 5 nitrogen and oxygen atoms in total. The van der Waals surface area contributed by atoms with Crippen LogP contribution >= 0.6 is 23.5 Å². The molecule has 0 radical (unpaired) electrons. The summed E-state index contributed by atoms with van der Waals surface area (Å²) in [5.74, 6) is 1.78. The summed E-state index contributed by atoms with van der Waals surface area (Å²) in [5, 5.41) is 12.6. The number of rotatable bonds is 9. The molecule has 0 saturated carbocycles. The molecule has 4 aromatic rings. The summed E-state index contributed by atoms with van der Waals surface area (Å²) in [6, 6.07) is 30.2. The number of aromatic nitrogens is 3. The number of nitrogens with one attached hydrogen (secondary N) is 1. The maximum absolute atomic E-state index is 12.6. The van der Waals surface area contributed by atoms with Gasteiger partial charge in [-0.1, -0.05) is 78.5 Å². The Labute approximate surface area is 196 Å². The molecule has 0 aliphatic rings. The molecule has 0 spiro atoms. The first-order chi connectivity index (χ1) is 15.7. The summed E-state index contributed by atoms with van der Waals surface area (Å²) in [7, 11) is 0. The Hall–Kier alpha value is -3.03. The summed E-state index contributed by atoms with van der Waals surface area (Å²) in [6.07, 6.45) is 0. The van der Waals surface area contributed by atoms with Gasteiger partial charge in [0.2, 0.25) is 5.91 Å². The van der Waals surface area contributed by atoms with Crippen molar-refractivity contribution in [2.75, 3.05) is 5.75 Å². The Morgan fingerprint density at radius 1 is 0.875 bits per heavy atom. The molecule has 1 unspecified atom stereocenters. The Balaban J connectivity index is 1.46. The van der Waals surface area contributed by atoms with Crippen molar-refractivity contribution in [3.8, 4) is 5.69 Å². The molecule has 32 heavy (non-hydrogen) atoms. The van der Waals surface area contributed by atoms with Crippen molar-refractivity contribution in [3.05, 3.63) is 102 Å². The molecule has 0 saturated heterocycles. The summed E-state index contributed by atoms with van der Waals surface area (Å²) in [5.41, 5.74) is 2.07. The summed E-state index contributed by atoms with van der Waals surface area (Å²) in [4.78, 5) is 13.8.